The summed E-state index contributed by atoms with van der Waals surface area (Å²) in [7, 11) is 7.37. The second-order valence-corrected chi connectivity index (χ2v) is 5.98. The maximum Gasteiger partial charge on any atom is 0.253 e. The molecule has 106 valence electrons. The first-order valence-corrected chi connectivity index (χ1v) is 7.03. The Kier molecular flexibility index (Phi) is 6.31. The van der Waals surface area contributed by atoms with Gasteiger partial charge in [-0.2, -0.15) is 0 Å². The van der Waals surface area contributed by atoms with Gasteiger partial charge in [0.1, 0.15) is 0 Å². The molecule has 5 heteroatoms. The molecule has 0 heterocycles. The number of amides is 1. The summed E-state index contributed by atoms with van der Waals surface area (Å²) in [5.41, 5.74) is 1.72. The van der Waals surface area contributed by atoms with Crippen LogP contribution in [0.3, 0.4) is 0 Å². The van der Waals surface area contributed by atoms with Crippen molar-refractivity contribution in [1.82, 2.24) is 4.90 Å². The van der Waals surface area contributed by atoms with Gasteiger partial charge in [-0.05, 0) is 18.2 Å². The van der Waals surface area contributed by atoms with Crippen LogP contribution in [0.2, 0.25) is 0 Å². The summed E-state index contributed by atoms with van der Waals surface area (Å²) >= 11 is 3.49. The predicted molar refractivity (Wildman–Crippen MR) is 82.3 cm³/mol. The van der Waals surface area contributed by atoms with Gasteiger partial charge in [0.05, 0.1) is 11.4 Å². The first-order valence-electron chi connectivity index (χ1n) is 6.11. The van der Waals surface area contributed by atoms with Gasteiger partial charge < -0.3 is 14.5 Å². The summed E-state index contributed by atoms with van der Waals surface area (Å²) in [5, 5.41) is 0. The Morgan fingerprint density at radius 1 is 1.37 bits per heavy atom. The molecule has 0 saturated heterocycles. The summed E-state index contributed by atoms with van der Waals surface area (Å²) in [6, 6.07) is 7.62. The van der Waals surface area contributed by atoms with Crippen molar-refractivity contribution in [2.24, 2.45) is 0 Å². The number of halogens is 1. The predicted octanol–water partition coefficient (Wildman–Crippen LogP) is 2.23. The van der Waals surface area contributed by atoms with Gasteiger partial charge in [-0.25, -0.2) is 0 Å². The van der Waals surface area contributed by atoms with E-state index in [2.05, 4.69) is 15.9 Å². The van der Waals surface area contributed by atoms with Crippen molar-refractivity contribution in [3.8, 4) is 0 Å². The Morgan fingerprint density at radius 3 is 2.63 bits per heavy atom. The van der Waals surface area contributed by atoms with Crippen LogP contribution in [0, 0.1) is 0 Å². The van der Waals surface area contributed by atoms with E-state index in [1.807, 2.05) is 43.3 Å². The Bertz CT molecular complexity index is 424. The summed E-state index contributed by atoms with van der Waals surface area (Å²) in [6.45, 7) is 1.19. The molecule has 0 aliphatic heterocycles. The quantitative estimate of drug-likeness (QED) is 0.751. The number of methoxy groups -OCH3 is 1. The van der Waals surface area contributed by atoms with Crippen LogP contribution in [-0.2, 0) is 4.74 Å². The fourth-order valence-corrected chi connectivity index (χ4v) is 2.45. The van der Waals surface area contributed by atoms with Crippen LogP contribution in [0.5, 0.6) is 0 Å². The van der Waals surface area contributed by atoms with Crippen LogP contribution in [0.25, 0.3) is 0 Å². The van der Waals surface area contributed by atoms with E-state index in [9.17, 15) is 4.79 Å². The molecule has 0 aliphatic carbocycles. The van der Waals surface area contributed by atoms with E-state index in [0.717, 1.165) is 5.69 Å². The van der Waals surface area contributed by atoms with Crippen LogP contribution < -0.4 is 4.90 Å². The zero-order valence-corrected chi connectivity index (χ0v) is 13.5. The molecule has 1 amide bonds. The van der Waals surface area contributed by atoms with Gasteiger partial charge in [-0.3, -0.25) is 4.79 Å². The SMILES string of the molecule is COCC(Br)CN(C)C(=O)c1cccc(N(C)C)c1. The molecule has 1 aromatic carbocycles. The Balaban J connectivity index is 2.73. The average molecular weight is 329 g/mol. The number of ether oxygens (including phenoxy) is 1. The van der Waals surface area contributed by atoms with Crippen molar-refractivity contribution in [2.45, 2.75) is 4.83 Å². The van der Waals surface area contributed by atoms with Crippen molar-refractivity contribution in [3.63, 3.8) is 0 Å². The zero-order valence-electron chi connectivity index (χ0n) is 11.9. The lowest BCUT2D eigenvalue weighted by Gasteiger charge is -2.21. The monoisotopic (exact) mass is 328 g/mol. The van der Waals surface area contributed by atoms with Gasteiger partial charge in [0.25, 0.3) is 5.91 Å². The van der Waals surface area contributed by atoms with Crippen LogP contribution >= 0.6 is 15.9 Å². The van der Waals surface area contributed by atoms with E-state index in [-0.39, 0.29) is 10.7 Å². The van der Waals surface area contributed by atoms with E-state index in [1.165, 1.54) is 0 Å². The third-order valence-electron chi connectivity index (χ3n) is 2.78. The molecule has 0 bridgehead atoms. The summed E-state index contributed by atoms with van der Waals surface area (Å²) < 4.78 is 5.05. The third-order valence-corrected chi connectivity index (χ3v) is 3.33. The number of carbonyl (C=O) groups is 1. The molecule has 19 heavy (non-hydrogen) atoms. The third kappa shape index (κ3) is 4.84. The normalized spacial score (nSPS) is 12.1. The molecule has 0 aliphatic rings. The van der Waals surface area contributed by atoms with E-state index in [1.54, 1.807) is 19.1 Å². The van der Waals surface area contributed by atoms with Gasteiger partial charge in [-0.15, -0.1) is 0 Å². The number of carbonyl (C=O) groups excluding carboxylic acids is 1. The van der Waals surface area contributed by atoms with E-state index in [0.29, 0.717) is 18.7 Å². The van der Waals surface area contributed by atoms with Crippen molar-refractivity contribution in [2.75, 3.05) is 46.3 Å². The first-order chi connectivity index (χ1) is 8.95. The lowest BCUT2D eigenvalue weighted by atomic mass is 10.1. The summed E-state index contributed by atoms with van der Waals surface area (Å²) in [4.78, 5) is 16.1. The van der Waals surface area contributed by atoms with Crippen LogP contribution in [-0.4, -0.2) is 57.0 Å². The lowest BCUT2D eigenvalue weighted by Crippen LogP contribution is -2.33. The number of benzene rings is 1. The molecule has 0 spiro atoms. The molecule has 1 unspecified atom stereocenters. The largest absolute Gasteiger partial charge is 0.383 e. The minimum Gasteiger partial charge on any atom is -0.383 e. The number of anilines is 1. The molecule has 4 nitrogen and oxygen atoms in total. The number of hydrogen-bond acceptors (Lipinski definition) is 3. The number of nitrogens with zero attached hydrogens (tertiary/aromatic N) is 2. The fraction of sp³-hybridized carbons (Fsp3) is 0.500. The summed E-state index contributed by atoms with van der Waals surface area (Å²) in [6.07, 6.45) is 0. The number of hydrogen-bond donors (Lipinski definition) is 0. The lowest BCUT2D eigenvalue weighted by molar-refractivity contribution is 0.0784. The van der Waals surface area contributed by atoms with Crippen LogP contribution in [0.1, 0.15) is 10.4 Å². The van der Waals surface area contributed by atoms with E-state index in [4.69, 9.17) is 4.74 Å². The van der Waals surface area contributed by atoms with Gasteiger partial charge in [0, 0.05) is 46.0 Å². The minimum atomic E-state index is 0.0178. The first kappa shape index (κ1) is 16.0. The van der Waals surface area contributed by atoms with Crippen molar-refractivity contribution < 1.29 is 9.53 Å². The Hall–Kier alpha value is -1.07. The highest BCUT2D eigenvalue weighted by Gasteiger charge is 2.15. The second kappa shape index (κ2) is 7.50. The highest BCUT2D eigenvalue weighted by atomic mass is 79.9. The molecule has 0 saturated carbocycles. The van der Waals surface area contributed by atoms with E-state index < -0.39 is 0 Å². The molecule has 1 aromatic rings. The smallest absolute Gasteiger partial charge is 0.253 e. The summed E-state index contributed by atoms with van der Waals surface area (Å²) in [5.74, 6) is 0.0178. The number of alkyl halides is 1. The zero-order chi connectivity index (χ0) is 14.4. The average Bonchev–Trinajstić information content (AvgIpc) is 2.38. The standard InChI is InChI=1S/C14H21BrN2O2/c1-16(2)13-7-5-6-11(8-13)14(18)17(3)9-12(15)10-19-4/h5-8,12H,9-10H2,1-4H3. The van der Waals surface area contributed by atoms with Crippen molar-refractivity contribution in [3.05, 3.63) is 29.8 Å². The Morgan fingerprint density at radius 2 is 2.05 bits per heavy atom. The molecule has 0 radical (unpaired) electrons. The molecule has 0 aromatic heterocycles. The van der Waals surface area contributed by atoms with Gasteiger partial charge >= 0.3 is 0 Å². The molecule has 1 rings (SSSR count). The van der Waals surface area contributed by atoms with E-state index >= 15 is 0 Å². The number of rotatable bonds is 6. The van der Waals surface area contributed by atoms with Crippen LogP contribution in [0.15, 0.2) is 24.3 Å². The highest BCUT2D eigenvalue weighted by molar-refractivity contribution is 9.09. The second-order valence-electron chi connectivity index (χ2n) is 4.68. The van der Waals surface area contributed by atoms with Crippen LogP contribution in [0.4, 0.5) is 5.69 Å². The maximum atomic E-state index is 12.3. The topological polar surface area (TPSA) is 32.8 Å². The molecular weight excluding hydrogens is 308 g/mol. The van der Waals surface area contributed by atoms with Gasteiger partial charge in [0.2, 0.25) is 0 Å². The maximum absolute atomic E-state index is 12.3. The highest BCUT2D eigenvalue weighted by Crippen LogP contribution is 2.15. The van der Waals surface area contributed by atoms with Gasteiger partial charge in [0.15, 0.2) is 0 Å². The van der Waals surface area contributed by atoms with Crippen molar-refractivity contribution in [1.29, 1.82) is 0 Å². The molecule has 0 N–H and O–H groups in total. The molecular formula is C14H21BrN2O2. The van der Waals surface area contributed by atoms with Gasteiger partial charge in [-0.1, -0.05) is 22.0 Å². The minimum absolute atomic E-state index is 0.0178. The molecule has 1 atom stereocenters. The fourth-order valence-electron chi connectivity index (χ4n) is 1.75. The Labute approximate surface area is 123 Å². The van der Waals surface area contributed by atoms with Crippen molar-refractivity contribution >= 4 is 27.5 Å². The molecule has 0 fully saturated rings.